The second-order valence-corrected chi connectivity index (χ2v) is 55.0. The van der Waals surface area contributed by atoms with Crippen LogP contribution >= 0.6 is 105 Å². The van der Waals surface area contributed by atoms with E-state index in [0.717, 1.165) is 17.8 Å². The van der Waals surface area contributed by atoms with Crippen molar-refractivity contribution in [1.82, 2.24) is 5.43 Å². The molecule has 33 heavy (non-hydrogen) atoms. The molecule has 16 heteroatoms. The highest BCUT2D eigenvalue weighted by Crippen LogP contribution is 3.11. The number of piperidine rings is 1. The van der Waals surface area contributed by atoms with Crippen LogP contribution in [0.5, 0.6) is 0 Å². The molecule has 2 aliphatic heterocycles. The number of benzene rings is 1. The summed E-state index contributed by atoms with van der Waals surface area (Å²) >= 11 is 0. The van der Waals surface area contributed by atoms with E-state index in [0.29, 0.717) is 5.92 Å². The van der Waals surface area contributed by atoms with Gasteiger partial charge < -0.3 is 4.90 Å². The van der Waals surface area contributed by atoms with Crippen LogP contribution in [0, 0.1) is 5.92 Å². The van der Waals surface area contributed by atoms with Crippen LogP contribution in [0.4, 0.5) is 5.69 Å². The zero-order valence-corrected chi connectivity index (χ0v) is 32.4. The van der Waals surface area contributed by atoms with Gasteiger partial charge in [-0.15, -0.1) is 62.5 Å². The predicted molar refractivity (Wildman–Crippen MR) is 196 cm³/mol. The molecule has 2 heterocycles. The largest absolute Gasteiger partial charge is 0.372 e. The van der Waals surface area contributed by atoms with Crippen LogP contribution in [0.15, 0.2) is 41.6 Å². The molecule has 0 aliphatic carbocycles. The van der Waals surface area contributed by atoms with Gasteiger partial charge in [-0.1, -0.05) is 33.5 Å². The molecule has 10 atom stereocenters. The standard InChI is InChI=1S/C17H23N3.H15P13/c1-13-12-14(2)18-19-17(13)15-6-8-16(9-7-15)20-10-4-3-5-11-20;1-9(2)12(7)8-13(10(3)4)11(5)6/h6-9,13,18H,2-5,10-12H2,1H3;8H,1-7H2/t13-;/m1./s1/i;8T. The first-order valence-electron chi connectivity index (χ1n) is 10.9. The van der Waals surface area contributed by atoms with E-state index in [9.17, 15) is 0 Å². The van der Waals surface area contributed by atoms with Gasteiger partial charge in [0.15, 0.2) is 0 Å². The van der Waals surface area contributed by atoms with Gasteiger partial charge in [0.2, 0.25) is 0 Å². The molecule has 9 unspecified atom stereocenters. The van der Waals surface area contributed by atoms with Gasteiger partial charge in [0.25, 0.3) is 0 Å². The predicted octanol–water partition coefficient (Wildman–Crippen LogP) is 10.7. The Morgan fingerprint density at radius 2 is 1.58 bits per heavy atom. The third kappa shape index (κ3) is 11.8. The minimum atomic E-state index is -0.520. The second-order valence-electron chi connectivity index (χ2n) is 7.73. The van der Waals surface area contributed by atoms with Gasteiger partial charge in [-0.05, 0) is 78.3 Å². The summed E-state index contributed by atoms with van der Waals surface area (Å²) in [5.74, 6) is 0.435. The highest BCUT2D eigenvalue weighted by Gasteiger charge is 2.22. The van der Waals surface area contributed by atoms with Crippen molar-refractivity contribution in [2.75, 3.05) is 18.0 Å². The Kier molecular flexibility index (Phi) is 16.6. The molecule has 1 fully saturated rings. The Morgan fingerprint density at radius 1 is 1.00 bits per heavy atom. The molecular formula is C17H38N3P13. The van der Waals surface area contributed by atoms with E-state index >= 15 is 0 Å². The van der Waals surface area contributed by atoms with Crippen molar-refractivity contribution in [3.05, 3.63) is 42.1 Å². The molecule has 3 rings (SSSR count). The molecule has 186 valence electrons. The van der Waals surface area contributed by atoms with Gasteiger partial charge in [-0.2, -0.15) is 5.10 Å². The number of hydrazone groups is 1. The number of nitrogens with one attached hydrogen (secondary N) is 1. The van der Waals surface area contributed by atoms with Crippen LogP contribution < -0.4 is 10.3 Å². The van der Waals surface area contributed by atoms with Crippen molar-refractivity contribution in [2.45, 2.75) is 32.6 Å². The van der Waals surface area contributed by atoms with Crippen molar-refractivity contribution in [2.24, 2.45) is 11.0 Å². The zero-order chi connectivity index (χ0) is 25.4. The van der Waals surface area contributed by atoms with Crippen LogP contribution in [0.1, 0.15) is 38.2 Å². The van der Waals surface area contributed by atoms with Gasteiger partial charge in [-0.3, -0.25) is 5.43 Å². The second kappa shape index (κ2) is 17.5. The molecule has 0 radical (unpaired) electrons. The van der Waals surface area contributed by atoms with Crippen LogP contribution in [0.25, 0.3) is 0 Å². The first kappa shape index (κ1) is 31.3. The lowest BCUT2D eigenvalue weighted by Crippen LogP contribution is -2.29. The highest BCUT2D eigenvalue weighted by atomic mass is 33.2. The monoisotopic (exact) mass is 689 g/mol. The number of rotatable bonds is 7. The van der Waals surface area contributed by atoms with Crippen molar-refractivity contribution in [3.8, 4) is 0 Å². The minimum absolute atomic E-state index is 0.0787. The fraction of sp³-hybridized carbons (Fsp3) is 0.471. The van der Waals surface area contributed by atoms with E-state index in [2.05, 4.69) is 116 Å². The zero-order valence-electron chi connectivity index (χ0n) is 20.0. The molecule has 3 nitrogen and oxygen atoms in total. The fourth-order valence-corrected chi connectivity index (χ4v) is 85.7. The maximum Gasteiger partial charge on any atom is 0.0711 e. The third-order valence-electron chi connectivity index (χ3n) is 5.06. The normalized spacial score (nSPS) is 21.4. The topological polar surface area (TPSA) is 27.6 Å². The van der Waals surface area contributed by atoms with Crippen LogP contribution in [0.2, 0.25) is 0 Å². The summed E-state index contributed by atoms with van der Waals surface area (Å²) in [6.45, 7) is 8.04. The Labute approximate surface area is 226 Å². The van der Waals surface area contributed by atoms with Gasteiger partial charge in [0.1, 0.15) is 0 Å². The molecule has 0 saturated carbocycles. The third-order valence-corrected chi connectivity index (χ3v) is 70.8. The molecule has 1 N–H and O–H groups in total. The Hall–Kier alpha value is 3.82. The van der Waals surface area contributed by atoms with E-state index < -0.39 is 7.90 Å². The van der Waals surface area contributed by atoms with E-state index in [-0.39, 0.29) is 34.9 Å². The average molecular weight is 689 g/mol. The summed E-state index contributed by atoms with van der Waals surface area (Å²) in [5, 5.41) is 4.46. The van der Waals surface area contributed by atoms with Crippen LogP contribution in [0.3, 0.4) is 0 Å². The quantitative estimate of drug-likeness (QED) is 0.289. The lowest BCUT2D eigenvalue weighted by Gasteiger charge is -2.29. The summed E-state index contributed by atoms with van der Waals surface area (Å²) in [6, 6.07) is 8.88. The van der Waals surface area contributed by atoms with E-state index in [1.54, 1.807) is 0 Å². The number of hydrogen-bond acceptors (Lipinski definition) is 3. The molecule has 1 aromatic carbocycles. The first-order chi connectivity index (χ1) is 16.0. The molecule has 0 amide bonds. The lowest BCUT2D eigenvalue weighted by molar-refractivity contribution is 0.578. The van der Waals surface area contributed by atoms with Gasteiger partial charge in [0, 0.05) is 30.4 Å². The minimum Gasteiger partial charge on any atom is -0.372 e. The summed E-state index contributed by atoms with van der Waals surface area (Å²) in [4.78, 5) is 2.49. The number of anilines is 1. The molecule has 0 bridgehead atoms. The summed E-state index contributed by atoms with van der Waals surface area (Å²) in [5.41, 5.74) is 7.73. The summed E-state index contributed by atoms with van der Waals surface area (Å²) < 4.78 is 8.40. The number of hydrogen-bond donors (Lipinski definition) is 1. The summed E-state index contributed by atoms with van der Waals surface area (Å²) in [6.07, 6.45) is 4.97. The van der Waals surface area contributed by atoms with Crippen molar-refractivity contribution in [3.63, 3.8) is 0 Å². The van der Waals surface area contributed by atoms with Gasteiger partial charge in [0.05, 0.1) is 6.99 Å². The van der Waals surface area contributed by atoms with Crippen molar-refractivity contribution in [1.29, 1.82) is 1.28 Å². The van der Waals surface area contributed by atoms with Crippen LogP contribution in [-0.2, 0) is 0 Å². The van der Waals surface area contributed by atoms with E-state index in [1.165, 1.54) is 43.6 Å². The first-order valence-corrected chi connectivity index (χ1v) is 32.9. The fourth-order valence-electron chi connectivity index (χ4n) is 3.45. The van der Waals surface area contributed by atoms with Crippen LogP contribution in [-0.4, -0.2) is 20.1 Å². The SMILES string of the molecule is C=C1C[C@@H](C)C(c2ccc(N3CCCCC3)cc2)=NN1.[3H]P(P(P)P(P)P)P(P(P)P)P(P)P. The molecule has 2 aliphatic rings. The highest BCUT2D eigenvalue weighted by molar-refractivity contribution is 9.17. The van der Waals surface area contributed by atoms with Crippen molar-refractivity contribution < 1.29 is 0 Å². The molecule has 0 aromatic heterocycles. The van der Waals surface area contributed by atoms with E-state index in [4.69, 9.17) is 1.28 Å². The molecular weight excluding hydrogens is 649 g/mol. The molecule has 1 aromatic rings. The Bertz CT molecular complexity index is 796. The number of nitrogens with zero attached hydrogens (tertiary/aromatic N) is 2. The maximum absolute atomic E-state index is 8.40. The molecule has 1 saturated heterocycles. The number of allylic oxidation sites excluding steroid dienone is 1. The van der Waals surface area contributed by atoms with Gasteiger partial charge in [-0.25, -0.2) is 0 Å². The Morgan fingerprint density at radius 3 is 2.06 bits per heavy atom. The van der Waals surface area contributed by atoms with E-state index in [1.807, 2.05) is 0 Å². The molecule has 0 spiro atoms. The lowest BCUT2D eigenvalue weighted by atomic mass is 9.93. The summed E-state index contributed by atoms with van der Waals surface area (Å²) in [7, 11) is 19.9. The smallest absolute Gasteiger partial charge is 0.0711 e. The van der Waals surface area contributed by atoms with Gasteiger partial charge >= 0.3 is 0 Å². The Balaban J connectivity index is 0.000000259. The van der Waals surface area contributed by atoms with Crippen molar-refractivity contribution >= 4 is 117 Å². The maximum atomic E-state index is 8.40. The average Bonchev–Trinajstić information content (AvgIpc) is 2.79.